The van der Waals surface area contributed by atoms with Crippen LogP contribution in [0.5, 0.6) is 34.5 Å². The number of pyridine rings is 2. The molecule has 0 saturated carbocycles. The molecule has 0 spiro atoms. The lowest BCUT2D eigenvalue weighted by atomic mass is 9.93. The summed E-state index contributed by atoms with van der Waals surface area (Å²) in [6, 6.07) is 14.1. The largest absolute Gasteiger partial charge is 0.493 e. The van der Waals surface area contributed by atoms with Crippen LogP contribution in [0.2, 0.25) is 0 Å². The Morgan fingerprint density at radius 3 is 1.70 bits per heavy atom. The van der Waals surface area contributed by atoms with Gasteiger partial charge in [0.2, 0.25) is 11.5 Å². The highest BCUT2D eigenvalue weighted by Gasteiger charge is 2.23. The Kier molecular flexibility index (Phi) is 7.51. The Labute approximate surface area is 233 Å². The second-order valence-corrected chi connectivity index (χ2v) is 9.24. The lowest BCUT2D eigenvalue weighted by molar-refractivity contribution is 0.327. The van der Waals surface area contributed by atoms with Crippen molar-refractivity contribution >= 4 is 21.5 Å². The van der Waals surface area contributed by atoms with E-state index < -0.39 is 0 Å². The second-order valence-electron chi connectivity index (χ2n) is 9.24. The summed E-state index contributed by atoms with van der Waals surface area (Å²) in [5.74, 6) is 3.37. The van der Waals surface area contributed by atoms with E-state index in [1.165, 1.54) is 0 Å². The Bertz CT molecular complexity index is 1720. The van der Waals surface area contributed by atoms with Crippen molar-refractivity contribution in [3.63, 3.8) is 0 Å². The molecule has 0 unspecified atom stereocenters. The number of methoxy groups -OCH3 is 6. The molecule has 0 bridgehead atoms. The predicted molar refractivity (Wildman–Crippen MR) is 156 cm³/mol. The molecule has 0 atom stereocenters. The van der Waals surface area contributed by atoms with Crippen molar-refractivity contribution in [2.45, 2.75) is 13.3 Å². The van der Waals surface area contributed by atoms with Crippen LogP contribution in [0, 0.1) is 6.92 Å². The molecule has 0 fully saturated rings. The summed E-state index contributed by atoms with van der Waals surface area (Å²) in [5.41, 5.74) is 4.73. The van der Waals surface area contributed by atoms with Crippen molar-refractivity contribution in [2.24, 2.45) is 0 Å². The van der Waals surface area contributed by atoms with Crippen molar-refractivity contribution in [3.8, 4) is 45.8 Å². The van der Waals surface area contributed by atoms with E-state index in [2.05, 4.69) is 25.1 Å². The lowest BCUT2D eigenvalue weighted by Gasteiger charge is -2.19. The van der Waals surface area contributed by atoms with Gasteiger partial charge >= 0.3 is 0 Å². The van der Waals surface area contributed by atoms with Crippen molar-refractivity contribution in [3.05, 3.63) is 71.7 Å². The summed E-state index contributed by atoms with van der Waals surface area (Å²) < 4.78 is 34.2. The first-order chi connectivity index (χ1) is 19.5. The highest BCUT2D eigenvalue weighted by Crippen LogP contribution is 2.48. The maximum atomic E-state index is 5.88. The van der Waals surface area contributed by atoms with Crippen LogP contribution in [0.25, 0.3) is 32.8 Å². The summed E-state index contributed by atoms with van der Waals surface area (Å²) in [7, 11) is 9.67. The van der Waals surface area contributed by atoms with Gasteiger partial charge in [0.05, 0.1) is 59.4 Å². The topological polar surface area (TPSA) is 81.2 Å². The van der Waals surface area contributed by atoms with E-state index >= 15 is 0 Å². The third-order valence-corrected chi connectivity index (χ3v) is 7.07. The number of hydrogen-bond acceptors (Lipinski definition) is 8. The summed E-state index contributed by atoms with van der Waals surface area (Å²) in [4.78, 5) is 9.64. The van der Waals surface area contributed by atoms with Gasteiger partial charge in [-0.15, -0.1) is 0 Å². The Morgan fingerprint density at radius 2 is 1.12 bits per heavy atom. The molecule has 2 aromatic heterocycles. The number of aryl methyl sites for hydroxylation is 1. The van der Waals surface area contributed by atoms with E-state index in [4.69, 9.17) is 38.4 Å². The van der Waals surface area contributed by atoms with Crippen LogP contribution in [0.15, 0.2) is 54.9 Å². The summed E-state index contributed by atoms with van der Waals surface area (Å²) >= 11 is 0. The van der Waals surface area contributed by atoms with Gasteiger partial charge < -0.3 is 28.4 Å². The smallest absolute Gasteiger partial charge is 0.204 e. The van der Waals surface area contributed by atoms with Gasteiger partial charge in [-0.25, -0.2) is 0 Å². The van der Waals surface area contributed by atoms with E-state index in [0.29, 0.717) is 40.9 Å². The van der Waals surface area contributed by atoms with Gasteiger partial charge in [-0.2, -0.15) is 0 Å². The molecule has 206 valence electrons. The predicted octanol–water partition coefficient (Wildman–Crippen LogP) is 6.40. The van der Waals surface area contributed by atoms with Gasteiger partial charge in [0, 0.05) is 29.8 Å². The SMILES string of the molecule is COc1cc2ccnc(Cc3ccc(C)cc3-c3nccc4cc(OC)c(OC)c(OC)c34)c2c(OC)c1OC. The van der Waals surface area contributed by atoms with E-state index in [9.17, 15) is 0 Å². The molecule has 0 aliphatic rings. The molecule has 0 N–H and O–H groups in total. The monoisotopic (exact) mass is 540 g/mol. The van der Waals surface area contributed by atoms with Crippen molar-refractivity contribution < 1.29 is 28.4 Å². The molecule has 8 nitrogen and oxygen atoms in total. The quantitative estimate of drug-likeness (QED) is 0.212. The van der Waals surface area contributed by atoms with Crippen LogP contribution < -0.4 is 28.4 Å². The Morgan fingerprint density at radius 1 is 0.575 bits per heavy atom. The minimum atomic E-state index is 0.516. The molecule has 0 radical (unpaired) electrons. The Hall–Kier alpha value is -4.72. The maximum absolute atomic E-state index is 5.88. The second kappa shape index (κ2) is 11.2. The average Bonchev–Trinajstić information content (AvgIpc) is 2.99. The highest BCUT2D eigenvalue weighted by atomic mass is 16.5. The summed E-state index contributed by atoms with van der Waals surface area (Å²) in [6.45, 7) is 2.07. The summed E-state index contributed by atoms with van der Waals surface area (Å²) in [5, 5.41) is 3.57. The molecule has 5 rings (SSSR count). The van der Waals surface area contributed by atoms with Crippen LogP contribution in [-0.2, 0) is 6.42 Å². The minimum absolute atomic E-state index is 0.516. The zero-order valence-electron chi connectivity index (χ0n) is 23.7. The van der Waals surface area contributed by atoms with Crippen molar-refractivity contribution in [1.82, 2.24) is 9.97 Å². The molecule has 5 aromatic rings. The van der Waals surface area contributed by atoms with Gasteiger partial charge in [-0.3, -0.25) is 9.97 Å². The lowest BCUT2D eigenvalue weighted by Crippen LogP contribution is -2.02. The molecule has 8 heteroatoms. The third-order valence-electron chi connectivity index (χ3n) is 7.07. The number of benzene rings is 3. The van der Waals surface area contributed by atoms with Gasteiger partial charge in [0.1, 0.15) is 0 Å². The first kappa shape index (κ1) is 26.9. The highest BCUT2D eigenvalue weighted by molar-refractivity contribution is 6.03. The number of hydrogen-bond donors (Lipinski definition) is 0. The van der Waals surface area contributed by atoms with Gasteiger partial charge in [-0.05, 0) is 53.6 Å². The third kappa shape index (κ3) is 4.45. The average molecular weight is 541 g/mol. The number of nitrogens with zero attached hydrogens (tertiary/aromatic N) is 2. The van der Waals surface area contributed by atoms with Crippen molar-refractivity contribution in [2.75, 3.05) is 42.7 Å². The van der Waals surface area contributed by atoms with Gasteiger partial charge in [0.15, 0.2) is 23.0 Å². The Balaban J connectivity index is 1.76. The van der Waals surface area contributed by atoms with Crippen LogP contribution in [0.4, 0.5) is 0 Å². The zero-order valence-corrected chi connectivity index (χ0v) is 23.7. The maximum Gasteiger partial charge on any atom is 0.204 e. The molecular weight excluding hydrogens is 508 g/mol. The fraction of sp³-hybridized carbons (Fsp3) is 0.250. The standard InChI is InChI=1S/C32H32N2O6/c1-18-8-9-19(15-23-26-20(10-12-33-23)16-24(35-2)29(37-4)31(26)39-6)22(14-18)28-27-21(11-13-34-28)17-25(36-3)30(38-5)32(27)40-7/h8-14,16-17H,15H2,1-7H3. The first-order valence-electron chi connectivity index (χ1n) is 12.7. The van der Waals surface area contributed by atoms with E-state index in [-0.39, 0.29) is 0 Å². The van der Waals surface area contributed by atoms with Crippen molar-refractivity contribution in [1.29, 1.82) is 0 Å². The van der Waals surface area contributed by atoms with E-state index in [1.54, 1.807) is 55.1 Å². The van der Waals surface area contributed by atoms with E-state index in [1.807, 2.05) is 24.3 Å². The molecule has 0 aliphatic carbocycles. The summed E-state index contributed by atoms with van der Waals surface area (Å²) in [6.07, 6.45) is 4.12. The zero-order chi connectivity index (χ0) is 28.4. The fourth-order valence-electron chi connectivity index (χ4n) is 5.27. The molecular formula is C32H32N2O6. The molecule has 0 aliphatic heterocycles. The fourth-order valence-corrected chi connectivity index (χ4v) is 5.27. The number of rotatable bonds is 9. The van der Waals surface area contributed by atoms with Crippen LogP contribution in [-0.4, -0.2) is 52.6 Å². The molecule has 2 heterocycles. The van der Waals surface area contributed by atoms with Crippen LogP contribution >= 0.6 is 0 Å². The number of fused-ring (bicyclic) bond motifs is 2. The number of ether oxygens (including phenoxy) is 6. The van der Waals surface area contributed by atoms with Crippen LogP contribution in [0.1, 0.15) is 16.8 Å². The normalized spacial score (nSPS) is 11.0. The number of aromatic nitrogens is 2. The van der Waals surface area contributed by atoms with E-state index in [0.717, 1.165) is 49.6 Å². The van der Waals surface area contributed by atoms with Gasteiger partial charge in [0.25, 0.3) is 0 Å². The van der Waals surface area contributed by atoms with Gasteiger partial charge in [-0.1, -0.05) is 17.7 Å². The molecule has 40 heavy (non-hydrogen) atoms. The molecule has 3 aromatic carbocycles. The van der Waals surface area contributed by atoms with Crippen LogP contribution in [0.3, 0.4) is 0 Å². The minimum Gasteiger partial charge on any atom is -0.493 e. The first-order valence-corrected chi connectivity index (χ1v) is 12.7. The molecule has 0 saturated heterocycles. The molecule has 0 amide bonds.